The Bertz CT molecular complexity index is 593. The highest BCUT2D eigenvalue weighted by Gasteiger charge is 2.08. The molecule has 8 nitrogen and oxygen atoms in total. The molecule has 0 aliphatic carbocycles. The first-order valence-electron chi connectivity index (χ1n) is 5.68. The zero-order valence-corrected chi connectivity index (χ0v) is 11.0. The van der Waals surface area contributed by atoms with Gasteiger partial charge in [0.1, 0.15) is 5.75 Å². The van der Waals surface area contributed by atoms with Crippen molar-refractivity contribution in [2.75, 3.05) is 19.5 Å². The summed E-state index contributed by atoms with van der Waals surface area (Å²) in [5, 5.41) is 2.77. The number of aromatic nitrogens is 3. The summed E-state index contributed by atoms with van der Waals surface area (Å²) in [6.45, 7) is 0. The van der Waals surface area contributed by atoms with Gasteiger partial charge in [-0.15, -0.1) is 4.98 Å². The lowest BCUT2D eigenvalue weighted by Crippen LogP contribution is -2.10. The number of primary amides is 1. The van der Waals surface area contributed by atoms with Gasteiger partial charge in [0, 0.05) is 12.6 Å². The van der Waals surface area contributed by atoms with Crippen molar-refractivity contribution in [3.8, 4) is 17.8 Å². The summed E-state index contributed by atoms with van der Waals surface area (Å²) in [5.74, 6) is 0.279. The van der Waals surface area contributed by atoms with E-state index in [-0.39, 0.29) is 12.0 Å². The summed E-state index contributed by atoms with van der Waals surface area (Å²) in [5.41, 5.74) is 5.54. The number of amides is 1. The first-order valence-corrected chi connectivity index (χ1v) is 5.68. The molecule has 0 atom stereocenters. The van der Waals surface area contributed by atoms with Gasteiger partial charge < -0.3 is 20.5 Å². The molecule has 1 aromatic heterocycles. The molecule has 0 bridgehead atoms. The number of carbonyl (C=O) groups excluding carboxylic acids is 1. The number of hydrogen-bond donors (Lipinski definition) is 2. The van der Waals surface area contributed by atoms with Crippen molar-refractivity contribution in [2.24, 2.45) is 5.73 Å². The van der Waals surface area contributed by atoms with Crippen LogP contribution in [-0.4, -0.2) is 35.0 Å². The first kappa shape index (κ1) is 13.5. The number of methoxy groups -OCH3 is 1. The van der Waals surface area contributed by atoms with E-state index in [1.807, 2.05) is 0 Å². The van der Waals surface area contributed by atoms with Gasteiger partial charge in [-0.3, -0.25) is 4.79 Å². The molecule has 2 rings (SSSR count). The van der Waals surface area contributed by atoms with Gasteiger partial charge in [0.15, 0.2) is 0 Å². The molecule has 1 heterocycles. The van der Waals surface area contributed by atoms with Crippen LogP contribution in [0.1, 0.15) is 10.4 Å². The van der Waals surface area contributed by atoms with Gasteiger partial charge in [-0.25, -0.2) is 0 Å². The van der Waals surface area contributed by atoms with Crippen LogP contribution in [0.3, 0.4) is 0 Å². The second kappa shape index (κ2) is 5.83. The van der Waals surface area contributed by atoms with Crippen LogP contribution in [0, 0.1) is 0 Å². The number of rotatable bonds is 5. The van der Waals surface area contributed by atoms with Crippen LogP contribution in [0.25, 0.3) is 0 Å². The fraction of sp³-hybridized carbons (Fsp3) is 0.167. The van der Waals surface area contributed by atoms with E-state index in [0.29, 0.717) is 17.3 Å². The Balaban J connectivity index is 2.22. The van der Waals surface area contributed by atoms with Crippen LogP contribution in [0.2, 0.25) is 0 Å². The van der Waals surface area contributed by atoms with Gasteiger partial charge in [0.2, 0.25) is 11.9 Å². The Hall–Kier alpha value is -2.90. The number of nitrogens with two attached hydrogens (primary N) is 1. The molecule has 20 heavy (non-hydrogen) atoms. The maximum Gasteiger partial charge on any atom is 0.330 e. The summed E-state index contributed by atoms with van der Waals surface area (Å²) in [6.07, 6.45) is 0. The van der Waals surface area contributed by atoms with Crippen molar-refractivity contribution in [3.05, 3.63) is 29.8 Å². The fourth-order valence-electron chi connectivity index (χ4n) is 1.38. The summed E-state index contributed by atoms with van der Waals surface area (Å²) in [7, 11) is 3.11. The Morgan fingerprint density at radius 1 is 1.15 bits per heavy atom. The Morgan fingerprint density at radius 2 is 1.80 bits per heavy atom. The molecule has 0 saturated heterocycles. The number of hydrogen-bond acceptors (Lipinski definition) is 7. The van der Waals surface area contributed by atoms with Crippen molar-refractivity contribution < 1.29 is 14.3 Å². The molecule has 0 fully saturated rings. The second-order valence-corrected chi connectivity index (χ2v) is 3.67. The van der Waals surface area contributed by atoms with E-state index in [1.54, 1.807) is 31.3 Å². The number of benzene rings is 1. The van der Waals surface area contributed by atoms with Crippen LogP contribution in [0.15, 0.2) is 24.3 Å². The molecule has 1 aromatic carbocycles. The van der Waals surface area contributed by atoms with E-state index in [0.717, 1.165) is 0 Å². The van der Waals surface area contributed by atoms with Crippen LogP contribution in [0.4, 0.5) is 5.95 Å². The Kier molecular flexibility index (Phi) is 3.94. The summed E-state index contributed by atoms with van der Waals surface area (Å²) < 4.78 is 10.4. The summed E-state index contributed by atoms with van der Waals surface area (Å²) in [6, 6.07) is 6.50. The van der Waals surface area contributed by atoms with Gasteiger partial charge in [-0.2, -0.15) is 9.97 Å². The fourth-order valence-corrected chi connectivity index (χ4v) is 1.38. The lowest BCUT2D eigenvalue weighted by atomic mass is 10.2. The van der Waals surface area contributed by atoms with E-state index in [4.69, 9.17) is 15.2 Å². The minimum atomic E-state index is -0.504. The van der Waals surface area contributed by atoms with Gasteiger partial charge in [0.25, 0.3) is 0 Å². The SMILES string of the molecule is CNc1nc(OC)nc(Oc2ccc(C(N)=O)cc2)n1. The molecule has 0 saturated carbocycles. The molecule has 0 spiro atoms. The standard InChI is InChI=1S/C12H13N5O3/c1-14-10-15-11(19-2)17-12(16-10)20-8-5-3-7(4-6-8)9(13)18/h3-6H,1-2H3,(H2,13,18)(H,14,15,16,17). The van der Waals surface area contributed by atoms with Gasteiger partial charge in [0.05, 0.1) is 7.11 Å². The molecule has 8 heteroatoms. The largest absolute Gasteiger partial charge is 0.467 e. The zero-order valence-electron chi connectivity index (χ0n) is 11.0. The molecule has 0 aliphatic rings. The third-order valence-electron chi connectivity index (χ3n) is 2.35. The molecule has 1 amide bonds. The minimum Gasteiger partial charge on any atom is -0.467 e. The van der Waals surface area contributed by atoms with E-state index in [2.05, 4.69) is 20.3 Å². The minimum absolute atomic E-state index is 0.0769. The summed E-state index contributed by atoms with van der Waals surface area (Å²) >= 11 is 0. The van der Waals surface area contributed by atoms with Gasteiger partial charge in [-0.05, 0) is 24.3 Å². The van der Waals surface area contributed by atoms with E-state index < -0.39 is 5.91 Å². The average molecular weight is 275 g/mol. The monoisotopic (exact) mass is 275 g/mol. The third kappa shape index (κ3) is 3.10. The van der Waals surface area contributed by atoms with E-state index >= 15 is 0 Å². The third-order valence-corrected chi connectivity index (χ3v) is 2.35. The number of ether oxygens (including phenoxy) is 2. The highest BCUT2D eigenvalue weighted by atomic mass is 16.5. The summed E-state index contributed by atoms with van der Waals surface area (Å²) in [4.78, 5) is 22.9. The van der Waals surface area contributed by atoms with Crippen LogP contribution >= 0.6 is 0 Å². The van der Waals surface area contributed by atoms with Crippen LogP contribution in [0.5, 0.6) is 17.8 Å². The molecule has 0 radical (unpaired) electrons. The Labute approximate surface area is 115 Å². The normalized spacial score (nSPS) is 9.90. The predicted octanol–water partition coefficient (Wildman–Crippen LogP) is 0.813. The van der Waals surface area contributed by atoms with E-state index in [1.165, 1.54) is 7.11 Å². The second-order valence-electron chi connectivity index (χ2n) is 3.67. The molecular weight excluding hydrogens is 262 g/mol. The highest BCUT2D eigenvalue weighted by molar-refractivity contribution is 5.92. The number of anilines is 1. The van der Waals surface area contributed by atoms with Crippen molar-refractivity contribution in [2.45, 2.75) is 0 Å². The van der Waals surface area contributed by atoms with Gasteiger partial charge >= 0.3 is 12.0 Å². The lowest BCUT2D eigenvalue weighted by Gasteiger charge is -2.07. The van der Waals surface area contributed by atoms with E-state index in [9.17, 15) is 4.79 Å². The number of carbonyl (C=O) groups is 1. The van der Waals surface area contributed by atoms with Crippen LogP contribution < -0.4 is 20.5 Å². The predicted molar refractivity (Wildman–Crippen MR) is 71.0 cm³/mol. The molecule has 104 valence electrons. The zero-order chi connectivity index (χ0) is 14.5. The van der Waals surface area contributed by atoms with Crippen molar-refractivity contribution in [3.63, 3.8) is 0 Å². The van der Waals surface area contributed by atoms with Crippen molar-refractivity contribution in [1.82, 2.24) is 15.0 Å². The Morgan fingerprint density at radius 3 is 2.35 bits per heavy atom. The average Bonchev–Trinajstić information content (AvgIpc) is 2.47. The van der Waals surface area contributed by atoms with Crippen LogP contribution in [-0.2, 0) is 0 Å². The molecular formula is C12H13N5O3. The number of nitrogens with one attached hydrogen (secondary N) is 1. The highest BCUT2D eigenvalue weighted by Crippen LogP contribution is 2.20. The molecule has 2 aromatic rings. The maximum atomic E-state index is 11.0. The first-order chi connectivity index (χ1) is 9.62. The lowest BCUT2D eigenvalue weighted by molar-refractivity contribution is 0.100. The van der Waals surface area contributed by atoms with Gasteiger partial charge in [-0.1, -0.05) is 0 Å². The topological polar surface area (TPSA) is 112 Å². The molecule has 0 aliphatic heterocycles. The molecule has 3 N–H and O–H groups in total. The maximum absolute atomic E-state index is 11.0. The smallest absolute Gasteiger partial charge is 0.330 e. The van der Waals surface area contributed by atoms with Crippen molar-refractivity contribution in [1.29, 1.82) is 0 Å². The number of nitrogens with zero attached hydrogens (tertiary/aromatic N) is 3. The quantitative estimate of drug-likeness (QED) is 0.830. The molecule has 0 unspecified atom stereocenters. The van der Waals surface area contributed by atoms with Crippen molar-refractivity contribution >= 4 is 11.9 Å².